The molecule has 5 nitrogen and oxygen atoms in total. The van der Waals surface area contributed by atoms with Crippen LogP contribution in [0.4, 0.5) is 0 Å². The van der Waals surface area contributed by atoms with Crippen LogP contribution in [0, 0.1) is 10.8 Å². The second kappa shape index (κ2) is 9.82. The second-order valence-corrected chi connectivity index (χ2v) is 7.10. The summed E-state index contributed by atoms with van der Waals surface area (Å²) < 4.78 is 10.6. The molecule has 23 heavy (non-hydrogen) atoms. The van der Waals surface area contributed by atoms with Crippen molar-refractivity contribution in [3.63, 3.8) is 0 Å². The van der Waals surface area contributed by atoms with Crippen molar-refractivity contribution in [1.82, 2.24) is 10.6 Å². The van der Waals surface area contributed by atoms with Crippen LogP contribution in [-0.2, 0) is 14.3 Å². The number of amides is 1. The third-order valence-corrected chi connectivity index (χ3v) is 5.59. The summed E-state index contributed by atoms with van der Waals surface area (Å²) in [6.45, 7) is 3.87. The summed E-state index contributed by atoms with van der Waals surface area (Å²) >= 11 is 0. The van der Waals surface area contributed by atoms with Crippen LogP contribution in [-0.4, -0.2) is 53.0 Å². The number of halogens is 1. The minimum Gasteiger partial charge on any atom is -0.385 e. The lowest BCUT2D eigenvalue weighted by molar-refractivity contribution is -0.136. The average molecular weight is 349 g/mol. The Kier molecular flexibility index (Phi) is 8.83. The average Bonchev–Trinajstić information content (AvgIpc) is 3.01. The van der Waals surface area contributed by atoms with Crippen LogP contribution in [0.3, 0.4) is 0 Å². The molecule has 0 spiro atoms. The Bertz CT molecular complexity index is 348. The van der Waals surface area contributed by atoms with Crippen LogP contribution < -0.4 is 10.6 Å². The van der Waals surface area contributed by atoms with Crippen molar-refractivity contribution < 1.29 is 14.3 Å². The summed E-state index contributed by atoms with van der Waals surface area (Å²) in [4.78, 5) is 12.8. The van der Waals surface area contributed by atoms with E-state index < -0.39 is 0 Å². The third kappa shape index (κ3) is 5.31. The monoisotopic (exact) mass is 348 g/mol. The first-order chi connectivity index (χ1) is 10.7. The molecule has 6 heteroatoms. The Balaban J connectivity index is 0.00000264. The smallest absolute Gasteiger partial charge is 0.228 e. The molecule has 2 rings (SSSR count). The van der Waals surface area contributed by atoms with Gasteiger partial charge in [0.2, 0.25) is 5.91 Å². The molecule has 1 saturated carbocycles. The van der Waals surface area contributed by atoms with Gasteiger partial charge in [0.1, 0.15) is 0 Å². The van der Waals surface area contributed by atoms with Crippen molar-refractivity contribution in [3.8, 4) is 0 Å². The van der Waals surface area contributed by atoms with E-state index in [-0.39, 0.29) is 29.1 Å². The van der Waals surface area contributed by atoms with E-state index in [1.807, 2.05) is 0 Å². The number of carbonyl (C=O) groups is 1. The zero-order valence-electron chi connectivity index (χ0n) is 14.6. The number of hydrogen-bond donors (Lipinski definition) is 2. The number of rotatable bonds is 8. The Morgan fingerprint density at radius 3 is 2.30 bits per heavy atom. The number of ether oxygens (including phenoxy) is 2. The van der Waals surface area contributed by atoms with Crippen molar-refractivity contribution in [3.05, 3.63) is 0 Å². The predicted octanol–water partition coefficient (Wildman–Crippen LogP) is 2.14. The van der Waals surface area contributed by atoms with E-state index in [1.54, 1.807) is 14.2 Å². The highest BCUT2D eigenvalue weighted by molar-refractivity contribution is 5.85. The Morgan fingerprint density at radius 1 is 1.09 bits per heavy atom. The van der Waals surface area contributed by atoms with Gasteiger partial charge in [0.15, 0.2) is 0 Å². The van der Waals surface area contributed by atoms with Gasteiger partial charge in [-0.2, -0.15) is 0 Å². The summed E-state index contributed by atoms with van der Waals surface area (Å²) in [5.74, 6) is 0.180. The maximum Gasteiger partial charge on any atom is 0.228 e. The SMILES string of the molecule is COCCC1(CNC(=O)C2(COC)CCNCC2)CCCC1.Cl. The first kappa shape index (κ1) is 20.7. The van der Waals surface area contributed by atoms with Crippen molar-refractivity contribution in [2.75, 3.05) is 47.1 Å². The molecule has 0 unspecified atom stereocenters. The van der Waals surface area contributed by atoms with E-state index >= 15 is 0 Å². The summed E-state index contributed by atoms with van der Waals surface area (Å²) in [5, 5.41) is 6.60. The Hall–Kier alpha value is -0.360. The van der Waals surface area contributed by atoms with Gasteiger partial charge in [-0.15, -0.1) is 12.4 Å². The van der Waals surface area contributed by atoms with Gasteiger partial charge in [-0.25, -0.2) is 0 Å². The Labute approximate surface area is 146 Å². The van der Waals surface area contributed by atoms with Crippen molar-refractivity contribution >= 4 is 18.3 Å². The van der Waals surface area contributed by atoms with Gasteiger partial charge in [0.05, 0.1) is 12.0 Å². The number of nitrogens with one attached hydrogen (secondary N) is 2. The summed E-state index contributed by atoms with van der Waals surface area (Å²) in [6, 6.07) is 0. The molecule has 0 aromatic carbocycles. The van der Waals surface area contributed by atoms with Gasteiger partial charge in [-0.3, -0.25) is 4.79 Å². The molecular formula is C17H33ClN2O3. The molecule has 1 amide bonds. The molecule has 1 aliphatic heterocycles. The molecule has 0 bridgehead atoms. The number of carbonyl (C=O) groups excluding carboxylic acids is 1. The van der Waals surface area contributed by atoms with Gasteiger partial charge in [0.25, 0.3) is 0 Å². The Morgan fingerprint density at radius 2 is 1.74 bits per heavy atom. The molecule has 136 valence electrons. The van der Waals surface area contributed by atoms with E-state index in [2.05, 4.69) is 10.6 Å². The zero-order valence-corrected chi connectivity index (χ0v) is 15.4. The number of piperidine rings is 1. The molecule has 0 atom stereocenters. The van der Waals surface area contributed by atoms with E-state index in [0.29, 0.717) is 6.61 Å². The fourth-order valence-corrected chi connectivity index (χ4v) is 4.03. The maximum absolute atomic E-state index is 12.8. The van der Waals surface area contributed by atoms with E-state index in [0.717, 1.165) is 45.5 Å². The summed E-state index contributed by atoms with van der Waals surface area (Å²) in [7, 11) is 3.44. The van der Waals surface area contributed by atoms with Crippen molar-refractivity contribution in [2.45, 2.75) is 44.9 Å². The summed E-state index contributed by atoms with van der Waals surface area (Å²) in [6.07, 6.45) is 7.71. The van der Waals surface area contributed by atoms with Crippen LogP contribution in [0.15, 0.2) is 0 Å². The van der Waals surface area contributed by atoms with Crippen molar-refractivity contribution in [2.24, 2.45) is 10.8 Å². The molecule has 1 heterocycles. The highest BCUT2D eigenvalue weighted by Crippen LogP contribution is 2.41. The van der Waals surface area contributed by atoms with Crippen LogP contribution in [0.1, 0.15) is 44.9 Å². The number of hydrogen-bond acceptors (Lipinski definition) is 4. The lowest BCUT2D eigenvalue weighted by atomic mass is 9.77. The highest BCUT2D eigenvalue weighted by Gasteiger charge is 2.41. The molecular weight excluding hydrogens is 316 g/mol. The van der Waals surface area contributed by atoms with Crippen molar-refractivity contribution in [1.29, 1.82) is 0 Å². The largest absolute Gasteiger partial charge is 0.385 e. The molecule has 0 radical (unpaired) electrons. The van der Waals surface area contributed by atoms with Crippen LogP contribution in [0.2, 0.25) is 0 Å². The lowest BCUT2D eigenvalue weighted by Gasteiger charge is -2.37. The molecule has 1 saturated heterocycles. The molecule has 1 aliphatic carbocycles. The quantitative estimate of drug-likeness (QED) is 0.705. The van der Waals surface area contributed by atoms with Gasteiger partial charge < -0.3 is 20.1 Å². The summed E-state index contributed by atoms with van der Waals surface area (Å²) in [5.41, 5.74) is -0.103. The third-order valence-electron chi connectivity index (χ3n) is 5.59. The molecule has 2 aliphatic rings. The molecule has 2 N–H and O–H groups in total. The minimum atomic E-state index is -0.346. The normalized spacial score (nSPS) is 22.3. The van der Waals surface area contributed by atoms with Gasteiger partial charge >= 0.3 is 0 Å². The van der Waals surface area contributed by atoms with Gasteiger partial charge in [0, 0.05) is 27.4 Å². The molecule has 2 fully saturated rings. The van der Waals surface area contributed by atoms with Gasteiger partial charge in [-0.1, -0.05) is 12.8 Å². The fraction of sp³-hybridized carbons (Fsp3) is 0.941. The standard InChI is InChI=1S/C17H32N2O3.ClH/c1-21-12-9-16(5-3-4-6-16)13-19-15(20)17(14-22-2)7-10-18-11-8-17;/h18H,3-14H2,1-2H3,(H,19,20);1H. The molecule has 0 aromatic rings. The van der Waals surface area contributed by atoms with Crippen LogP contribution >= 0.6 is 12.4 Å². The van der Waals surface area contributed by atoms with E-state index in [1.165, 1.54) is 25.7 Å². The number of methoxy groups -OCH3 is 2. The van der Waals surface area contributed by atoms with Gasteiger partial charge in [-0.05, 0) is 50.6 Å². The fourth-order valence-electron chi connectivity index (χ4n) is 4.03. The van der Waals surface area contributed by atoms with E-state index in [4.69, 9.17) is 9.47 Å². The maximum atomic E-state index is 12.8. The van der Waals surface area contributed by atoms with E-state index in [9.17, 15) is 4.79 Å². The highest BCUT2D eigenvalue weighted by atomic mass is 35.5. The minimum absolute atomic E-state index is 0. The first-order valence-electron chi connectivity index (χ1n) is 8.63. The predicted molar refractivity (Wildman–Crippen MR) is 94.1 cm³/mol. The topological polar surface area (TPSA) is 59.6 Å². The zero-order chi connectivity index (χ0) is 15.9. The molecule has 0 aromatic heterocycles. The van der Waals surface area contributed by atoms with Crippen LogP contribution in [0.5, 0.6) is 0 Å². The second-order valence-electron chi connectivity index (χ2n) is 7.10. The van der Waals surface area contributed by atoms with Crippen LogP contribution in [0.25, 0.3) is 0 Å². The first-order valence-corrected chi connectivity index (χ1v) is 8.63. The lowest BCUT2D eigenvalue weighted by Crippen LogP contribution is -2.52.